The van der Waals surface area contributed by atoms with Crippen LogP contribution in [0.3, 0.4) is 0 Å². The van der Waals surface area contributed by atoms with Crippen LogP contribution in [0.15, 0.2) is 48.7 Å². The molecule has 0 radical (unpaired) electrons. The average Bonchev–Trinajstić information content (AvgIpc) is 3.22. The molecule has 0 saturated carbocycles. The summed E-state index contributed by atoms with van der Waals surface area (Å²) < 4.78 is 25.9. The van der Waals surface area contributed by atoms with Crippen LogP contribution in [0.5, 0.6) is 0 Å². The summed E-state index contributed by atoms with van der Waals surface area (Å²) in [6.07, 6.45) is 4.52. The molecule has 0 bridgehead atoms. The number of carbonyl (C=O) groups is 1. The van der Waals surface area contributed by atoms with Crippen molar-refractivity contribution in [1.82, 2.24) is 19.4 Å². The number of hydrogen-bond donors (Lipinski definition) is 0. The highest BCUT2D eigenvalue weighted by Crippen LogP contribution is 2.46. The molecule has 148 valence electrons. The van der Waals surface area contributed by atoms with E-state index in [-0.39, 0.29) is 17.2 Å². The number of sulfonamides is 1. The van der Waals surface area contributed by atoms with E-state index in [0.717, 1.165) is 12.8 Å². The fraction of sp³-hybridized carbons (Fsp3) is 0.450. The zero-order valence-electron chi connectivity index (χ0n) is 15.9. The van der Waals surface area contributed by atoms with E-state index in [9.17, 15) is 13.2 Å². The lowest BCUT2D eigenvalue weighted by atomic mass is 9.76. The number of rotatable bonds is 5. The Morgan fingerprint density at radius 2 is 1.93 bits per heavy atom. The topological polar surface area (TPSA) is 83.5 Å². The van der Waals surface area contributed by atoms with Crippen LogP contribution in [-0.2, 0) is 16.4 Å². The van der Waals surface area contributed by atoms with Crippen molar-refractivity contribution in [2.75, 3.05) is 32.4 Å². The number of carbonyl (C=O) groups excluding carboxylic acids is 1. The van der Waals surface area contributed by atoms with E-state index < -0.39 is 10.0 Å². The minimum atomic E-state index is -3.25. The average molecular weight is 401 g/mol. The molecule has 7 nitrogen and oxygen atoms in total. The number of hydrogen-bond acceptors (Lipinski definition) is 5. The van der Waals surface area contributed by atoms with Gasteiger partial charge >= 0.3 is 0 Å². The van der Waals surface area contributed by atoms with Crippen molar-refractivity contribution in [1.29, 1.82) is 0 Å². The molecule has 1 aromatic carbocycles. The summed E-state index contributed by atoms with van der Waals surface area (Å²) in [5.41, 5.74) is 1.34. The molecule has 28 heavy (non-hydrogen) atoms. The number of nitrogens with zero attached hydrogens (tertiary/aromatic N) is 4. The Labute approximate surface area is 165 Å². The summed E-state index contributed by atoms with van der Waals surface area (Å²) in [7, 11) is -3.25. The van der Waals surface area contributed by atoms with Gasteiger partial charge in [-0.15, -0.1) is 5.10 Å². The summed E-state index contributed by atoms with van der Waals surface area (Å²) >= 11 is 0. The van der Waals surface area contributed by atoms with Gasteiger partial charge in [0.05, 0.1) is 6.26 Å². The smallest absolute Gasteiger partial charge is 0.274 e. The molecule has 4 rings (SSSR count). The molecule has 2 aliphatic rings. The normalized spacial score (nSPS) is 25.0. The van der Waals surface area contributed by atoms with Crippen LogP contribution in [0.1, 0.15) is 22.5 Å². The molecule has 2 aromatic rings. The van der Waals surface area contributed by atoms with Gasteiger partial charge in [0.2, 0.25) is 10.0 Å². The molecule has 0 spiro atoms. The molecule has 0 aliphatic carbocycles. The lowest BCUT2D eigenvalue weighted by Crippen LogP contribution is -2.39. The molecule has 2 fully saturated rings. The first-order valence-electron chi connectivity index (χ1n) is 9.43. The van der Waals surface area contributed by atoms with Gasteiger partial charge in [-0.3, -0.25) is 4.79 Å². The van der Waals surface area contributed by atoms with Crippen molar-refractivity contribution in [2.24, 2.45) is 11.3 Å². The summed E-state index contributed by atoms with van der Waals surface area (Å²) in [4.78, 5) is 14.7. The van der Waals surface area contributed by atoms with E-state index in [4.69, 9.17) is 0 Å². The monoisotopic (exact) mass is 400 g/mol. The van der Waals surface area contributed by atoms with E-state index >= 15 is 0 Å². The summed E-state index contributed by atoms with van der Waals surface area (Å²) in [6, 6.07) is 13.6. The third kappa shape index (κ3) is 3.66. The summed E-state index contributed by atoms with van der Waals surface area (Å²) in [5.74, 6) is -0.000879. The van der Waals surface area contributed by atoms with Gasteiger partial charge in [-0.25, -0.2) is 12.7 Å². The SMILES string of the molecule is CS(=O)(=O)N1C[C@@H]2CN(C(=O)c3cccnn3)C[C@]2(CCc2ccccc2)C1. The fourth-order valence-corrected chi connectivity index (χ4v) is 5.45. The molecular formula is C20H24N4O3S. The maximum atomic E-state index is 12.9. The van der Waals surface area contributed by atoms with Crippen molar-refractivity contribution in [3.05, 3.63) is 59.9 Å². The Bertz CT molecular complexity index is 952. The molecular weight excluding hydrogens is 376 g/mol. The maximum Gasteiger partial charge on any atom is 0.274 e. The summed E-state index contributed by atoms with van der Waals surface area (Å²) in [5, 5.41) is 7.74. The van der Waals surface area contributed by atoms with E-state index in [2.05, 4.69) is 22.3 Å². The van der Waals surface area contributed by atoms with E-state index in [1.807, 2.05) is 23.1 Å². The first-order chi connectivity index (χ1) is 13.4. The van der Waals surface area contributed by atoms with Crippen LogP contribution in [0.25, 0.3) is 0 Å². The molecule has 1 amide bonds. The van der Waals surface area contributed by atoms with Crippen molar-refractivity contribution in [3.63, 3.8) is 0 Å². The third-order valence-corrected chi connectivity index (χ3v) is 7.25. The number of amides is 1. The molecule has 2 saturated heterocycles. The van der Waals surface area contributed by atoms with Gasteiger partial charge < -0.3 is 4.90 Å². The lowest BCUT2D eigenvalue weighted by molar-refractivity contribution is 0.0757. The van der Waals surface area contributed by atoms with Crippen LogP contribution in [0.4, 0.5) is 0 Å². The minimum Gasteiger partial charge on any atom is -0.336 e. The van der Waals surface area contributed by atoms with Gasteiger partial charge in [0, 0.05) is 37.8 Å². The molecule has 3 heterocycles. The van der Waals surface area contributed by atoms with Crippen LogP contribution < -0.4 is 0 Å². The Hall–Kier alpha value is -2.32. The second-order valence-corrected chi connectivity index (χ2v) is 9.88. The molecule has 0 N–H and O–H groups in total. The van der Waals surface area contributed by atoms with Crippen molar-refractivity contribution < 1.29 is 13.2 Å². The highest BCUT2D eigenvalue weighted by Gasteiger charge is 2.54. The van der Waals surface area contributed by atoms with Gasteiger partial charge in [0.25, 0.3) is 5.91 Å². The highest BCUT2D eigenvalue weighted by molar-refractivity contribution is 7.88. The zero-order chi connectivity index (χ0) is 19.8. The Kier molecular flexibility index (Phi) is 4.93. The van der Waals surface area contributed by atoms with Gasteiger partial charge in [-0.05, 0) is 36.5 Å². The molecule has 2 aliphatic heterocycles. The predicted molar refractivity (Wildman–Crippen MR) is 105 cm³/mol. The fourth-order valence-electron chi connectivity index (χ4n) is 4.51. The second kappa shape index (κ2) is 7.25. The van der Waals surface area contributed by atoms with E-state index in [1.165, 1.54) is 11.8 Å². The number of benzene rings is 1. The maximum absolute atomic E-state index is 12.9. The molecule has 0 unspecified atom stereocenters. The van der Waals surface area contributed by atoms with Gasteiger partial charge in [-0.1, -0.05) is 30.3 Å². The van der Waals surface area contributed by atoms with Crippen LogP contribution in [-0.4, -0.2) is 66.2 Å². The van der Waals surface area contributed by atoms with Gasteiger partial charge in [0.1, 0.15) is 0 Å². The third-order valence-electron chi connectivity index (χ3n) is 6.03. The lowest BCUT2D eigenvalue weighted by Gasteiger charge is -2.29. The second-order valence-electron chi connectivity index (χ2n) is 7.89. The Morgan fingerprint density at radius 3 is 2.61 bits per heavy atom. The minimum absolute atomic E-state index is 0.131. The number of likely N-dealkylation sites (tertiary alicyclic amines) is 1. The quantitative estimate of drug-likeness (QED) is 0.758. The predicted octanol–water partition coefficient (Wildman–Crippen LogP) is 1.44. The number of aryl methyl sites for hydroxylation is 1. The molecule has 8 heteroatoms. The highest BCUT2D eigenvalue weighted by atomic mass is 32.2. The van der Waals surface area contributed by atoms with E-state index in [0.29, 0.717) is 31.9 Å². The largest absolute Gasteiger partial charge is 0.336 e. The summed E-state index contributed by atoms with van der Waals surface area (Å²) in [6.45, 7) is 2.04. The number of fused-ring (bicyclic) bond motifs is 1. The Morgan fingerprint density at radius 1 is 1.14 bits per heavy atom. The van der Waals surface area contributed by atoms with Crippen LogP contribution in [0.2, 0.25) is 0 Å². The standard InChI is InChI=1S/C20H24N4O3S/c1-28(26,27)24-13-17-12-23(19(25)18-8-5-11-21-22-18)14-20(17,15-24)10-9-16-6-3-2-4-7-16/h2-8,11,17H,9-10,12-15H2,1H3/t17-,20+/m0/s1. The zero-order valence-corrected chi connectivity index (χ0v) is 16.7. The first-order valence-corrected chi connectivity index (χ1v) is 11.3. The van der Waals surface area contributed by atoms with E-state index in [1.54, 1.807) is 22.6 Å². The van der Waals surface area contributed by atoms with Crippen molar-refractivity contribution in [3.8, 4) is 0 Å². The van der Waals surface area contributed by atoms with Gasteiger partial charge in [-0.2, -0.15) is 5.10 Å². The van der Waals surface area contributed by atoms with Crippen LogP contribution >= 0.6 is 0 Å². The van der Waals surface area contributed by atoms with Crippen molar-refractivity contribution >= 4 is 15.9 Å². The number of aromatic nitrogens is 2. The van der Waals surface area contributed by atoms with Crippen LogP contribution in [0, 0.1) is 11.3 Å². The molecule has 1 aromatic heterocycles. The van der Waals surface area contributed by atoms with Crippen molar-refractivity contribution in [2.45, 2.75) is 12.8 Å². The first kappa shape index (κ1) is 19.0. The van der Waals surface area contributed by atoms with Gasteiger partial charge in [0.15, 0.2) is 5.69 Å². The Balaban J connectivity index is 1.56. The molecule has 2 atom stereocenters.